The van der Waals surface area contributed by atoms with Crippen LogP contribution in [0.5, 0.6) is 5.75 Å². The number of rotatable bonds is 0. The number of nitrogen functional groups attached to an aromatic ring is 1. The van der Waals surface area contributed by atoms with Crippen LogP contribution in [0.3, 0.4) is 0 Å². The Balaban J connectivity index is 2.62. The monoisotopic (exact) mass is 149 g/mol. The van der Waals surface area contributed by atoms with Crippen molar-refractivity contribution in [3.05, 3.63) is 23.3 Å². The van der Waals surface area contributed by atoms with Crippen LogP contribution >= 0.6 is 0 Å². The molecule has 0 saturated heterocycles. The molecule has 2 heteroatoms. The summed E-state index contributed by atoms with van der Waals surface area (Å²) < 4.78 is 5.35. The van der Waals surface area contributed by atoms with E-state index in [1.54, 1.807) is 0 Å². The fourth-order valence-electron chi connectivity index (χ4n) is 1.42. The summed E-state index contributed by atoms with van der Waals surface area (Å²) in [5.41, 5.74) is 9.09. The predicted octanol–water partition coefficient (Wildman–Crippen LogP) is 1.51. The Hall–Kier alpha value is -1.18. The highest BCUT2D eigenvalue weighted by Crippen LogP contribution is 2.31. The van der Waals surface area contributed by atoms with Crippen LogP contribution in [-0.2, 0) is 6.42 Å². The lowest BCUT2D eigenvalue weighted by Crippen LogP contribution is -1.94. The topological polar surface area (TPSA) is 35.2 Å². The predicted molar refractivity (Wildman–Crippen MR) is 44.8 cm³/mol. The first-order valence-corrected chi connectivity index (χ1v) is 3.80. The molecule has 0 saturated carbocycles. The first kappa shape index (κ1) is 6.53. The van der Waals surface area contributed by atoms with Crippen LogP contribution in [0, 0.1) is 6.92 Å². The van der Waals surface area contributed by atoms with E-state index in [9.17, 15) is 0 Å². The molecular weight excluding hydrogens is 138 g/mol. The van der Waals surface area contributed by atoms with Gasteiger partial charge in [0.2, 0.25) is 0 Å². The van der Waals surface area contributed by atoms with Crippen LogP contribution in [0.25, 0.3) is 0 Å². The number of nitrogens with two attached hydrogens (primary N) is 1. The van der Waals surface area contributed by atoms with E-state index < -0.39 is 0 Å². The molecule has 0 atom stereocenters. The molecule has 2 rings (SSSR count). The molecule has 0 spiro atoms. The molecule has 2 nitrogen and oxygen atoms in total. The van der Waals surface area contributed by atoms with Gasteiger partial charge in [-0.2, -0.15) is 0 Å². The van der Waals surface area contributed by atoms with E-state index in [1.807, 2.05) is 19.1 Å². The lowest BCUT2D eigenvalue weighted by molar-refractivity contribution is 0.357. The molecule has 0 fully saturated rings. The number of hydrogen-bond donors (Lipinski definition) is 1. The Kier molecular flexibility index (Phi) is 1.28. The summed E-state index contributed by atoms with van der Waals surface area (Å²) >= 11 is 0. The Bertz CT molecular complexity index is 294. The molecule has 0 amide bonds. The number of benzene rings is 1. The van der Waals surface area contributed by atoms with Gasteiger partial charge in [0.05, 0.1) is 6.61 Å². The molecule has 0 radical (unpaired) electrons. The van der Waals surface area contributed by atoms with Gasteiger partial charge in [0.1, 0.15) is 5.75 Å². The van der Waals surface area contributed by atoms with Crippen LogP contribution in [0.2, 0.25) is 0 Å². The Morgan fingerprint density at radius 3 is 3.09 bits per heavy atom. The maximum atomic E-state index is 5.85. The van der Waals surface area contributed by atoms with Gasteiger partial charge in [-0.1, -0.05) is 6.07 Å². The Morgan fingerprint density at radius 1 is 1.45 bits per heavy atom. The van der Waals surface area contributed by atoms with E-state index in [0.717, 1.165) is 30.0 Å². The fourth-order valence-corrected chi connectivity index (χ4v) is 1.42. The van der Waals surface area contributed by atoms with E-state index in [4.69, 9.17) is 10.5 Å². The van der Waals surface area contributed by atoms with Crippen molar-refractivity contribution in [2.24, 2.45) is 0 Å². The molecule has 2 N–H and O–H groups in total. The molecule has 1 aliphatic heterocycles. The van der Waals surface area contributed by atoms with Crippen molar-refractivity contribution in [2.75, 3.05) is 12.3 Å². The summed E-state index contributed by atoms with van der Waals surface area (Å²) in [5.74, 6) is 0.966. The maximum Gasteiger partial charge on any atom is 0.124 e. The van der Waals surface area contributed by atoms with Crippen molar-refractivity contribution in [1.82, 2.24) is 0 Å². The fraction of sp³-hybridized carbons (Fsp3) is 0.333. The Morgan fingerprint density at radius 2 is 2.27 bits per heavy atom. The van der Waals surface area contributed by atoms with E-state index in [0.29, 0.717) is 0 Å². The second kappa shape index (κ2) is 2.16. The van der Waals surface area contributed by atoms with Gasteiger partial charge >= 0.3 is 0 Å². The zero-order valence-corrected chi connectivity index (χ0v) is 6.55. The lowest BCUT2D eigenvalue weighted by Gasteiger charge is -2.04. The highest BCUT2D eigenvalue weighted by atomic mass is 16.5. The third kappa shape index (κ3) is 0.862. The lowest BCUT2D eigenvalue weighted by atomic mass is 10.1. The highest BCUT2D eigenvalue weighted by Gasteiger charge is 2.15. The minimum Gasteiger partial charge on any atom is -0.493 e. The number of hydrogen-bond acceptors (Lipinski definition) is 2. The normalized spacial score (nSPS) is 14.3. The second-order valence-corrected chi connectivity index (χ2v) is 2.87. The first-order chi connectivity index (χ1) is 5.29. The van der Waals surface area contributed by atoms with Crippen LogP contribution in [0.15, 0.2) is 12.1 Å². The summed E-state index contributed by atoms with van der Waals surface area (Å²) in [5, 5.41) is 0. The summed E-state index contributed by atoms with van der Waals surface area (Å²) in [7, 11) is 0. The van der Waals surface area contributed by atoms with Crippen molar-refractivity contribution >= 4 is 5.69 Å². The van der Waals surface area contributed by atoms with Gasteiger partial charge in [-0.15, -0.1) is 0 Å². The first-order valence-electron chi connectivity index (χ1n) is 3.80. The van der Waals surface area contributed by atoms with Crippen molar-refractivity contribution in [3.63, 3.8) is 0 Å². The van der Waals surface area contributed by atoms with Crippen molar-refractivity contribution in [3.8, 4) is 5.75 Å². The quantitative estimate of drug-likeness (QED) is 0.567. The molecule has 1 aromatic rings. The number of aryl methyl sites for hydroxylation is 1. The van der Waals surface area contributed by atoms with Crippen molar-refractivity contribution in [1.29, 1.82) is 0 Å². The van der Waals surface area contributed by atoms with E-state index in [2.05, 4.69) is 0 Å². The molecule has 58 valence electrons. The molecule has 1 heterocycles. The molecule has 0 aromatic heterocycles. The Labute approximate surface area is 66.0 Å². The molecular formula is C9H11NO. The van der Waals surface area contributed by atoms with Gasteiger partial charge in [0.15, 0.2) is 0 Å². The minimum atomic E-state index is 0.781. The second-order valence-electron chi connectivity index (χ2n) is 2.87. The minimum absolute atomic E-state index is 0.781. The zero-order valence-electron chi connectivity index (χ0n) is 6.55. The largest absolute Gasteiger partial charge is 0.493 e. The summed E-state index contributed by atoms with van der Waals surface area (Å²) in [4.78, 5) is 0. The van der Waals surface area contributed by atoms with E-state index >= 15 is 0 Å². The van der Waals surface area contributed by atoms with Crippen molar-refractivity contribution < 1.29 is 4.74 Å². The smallest absolute Gasteiger partial charge is 0.124 e. The summed E-state index contributed by atoms with van der Waals surface area (Å²) in [6.07, 6.45) is 0.961. The molecule has 0 unspecified atom stereocenters. The molecule has 1 aliphatic rings. The molecule has 0 bridgehead atoms. The third-order valence-corrected chi connectivity index (χ3v) is 2.14. The molecule has 1 aromatic carbocycles. The number of fused-ring (bicyclic) bond motifs is 1. The average Bonchev–Trinajstić information content (AvgIpc) is 2.45. The van der Waals surface area contributed by atoms with E-state index in [-0.39, 0.29) is 0 Å². The summed E-state index contributed by atoms with van der Waals surface area (Å²) in [6.45, 7) is 2.80. The molecule has 11 heavy (non-hydrogen) atoms. The van der Waals surface area contributed by atoms with Crippen LogP contribution < -0.4 is 10.5 Å². The zero-order chi connectivity index (χ0) is 7.84. The molecule has 0 aliphatic carbocycles. The van der Waals surface area contributed by atoms with Crippen molar-refractivity contribution in [2.45, 2.75) is 13.3 Å². The van der Waals surface area contributed by atoms with Crippen LogP contribution in [0.4, 0.5) is 5.69 Å². The average molecular weight is 149 g/mol. The van der Waals surface area contributed by atoms with Gasteiger partial charge in [-0.05, 0) is 18.6 Å². The van der Waals surface area contributed by atoms with Gasteiger partial charge < -0.3 is 10.5 Å². The van der Waals surface area contributed by atoms with Gasteiger partial charge in [0, 0.05) is 17.7 Å². The standard InChI is InChI=1S/C9H11NO/c1-6-2-3-8-7(9(6)10)4-5-11-8/h2-3H,4-5,10H2,1H3. The highest BCUT2D eigenvalue weighted by molar-refractivity contribution is 5.60. The SMILES string of the molecule is Cc1ccc2c(c1N)CCO2. The van der Waals surface area contributed by atoms with E-state index in [1.165, 1.54) is 5.56 Å². The van der Waals surface area contributed by atoms with Gasteiger partial charge in [-0.3, -0.25) is 0 Å². The van der Waals surface area contributed by atoms with Crippen LogP contribution in [0.1, 0.15) is 11.1 Å². The van der Waals surface area contributed by atoms with Crippen LogP contribution in [-0.4, -0.2) is 6.61 Å². The number of anilines is 1. The maximum absolute atomic E-state index is 5.85. The third-order valence-electron chi connectivity index (χ3n) is 2.14. The summed E-state index contributed by atoms with van der Waals surface area (Å²) in [6, 6.07) is 3.99. The van der Waals surface area contributed by atoms with Gasteiger partial charge in [0.25, 0.3) is 0 Å². The number of ether oxygens (including phenoxy) is 1. The van der Waals surface area contributed by atoms with Gasteiger partial charge in [-0.25, -0.2) is 0 Å².